The van der Waals surface area contributed by atoms with Crippen molar-refractivity contribution in [2.45, 2.75) is 18.6 Å². The Kier molecular flexibility index (Phi) is 3.99. The minimum Gasteiger partial charge on any atom is -0.497 e. The van der Waals surface area contributed by atoms with Crippen LogP contribution < -0.4 is 15.4 Å². The third kappa shape index (κ3) is 2.72. The van der Waals surface area contributed by atoms with Crippen molar-refractivity contribution in [3.8, 4) is 16.9 Å². The van der Waals surface area contributed by atoms with Crippen LogP contribution in [0.2, 0.25) is 0 Å². The number of amides is 3. The number of methoxy groups -OCH3 is 1. The summed E-state index contributed by atoms with van der Waals surface area (Å²) in [5.41, 5.74) is 1.10. The van der Waals surface area contributed by atoms with Crippen molar-refractivity contribution in [3.05, 3.63) is 54.1 Å². The van der Waals surface area contributed by atoms with Gasteiger partial charge in [-0.3, -0.25) is 10.1 Å². The maximum atomic E-state index is 11.9. The van der Waals surface area contributed by atoms with Gasteiger partial charge < -0.3 is 15.2 Å². The molecular weight excluding hydrogens is 308 g/mol. The van der Waals surface area contributed by atoms with Crippen LogP contribution in [0.25, 0.3) is 11.1 Å². The van der Waals surface area contributed by atoms with Crippen LogP contribution in [0, 0.1) is 0 Å². The summed E-state index contributed by atoms with van der Waals surface area (Å²) < 4.78 is 5.22. The molecule has 24 heavy (non-hydrogen) atoms. The molecule has 1 saturated heterocycles. The van der Waals surface area contributed by atoms with Gasteiger partial charge in [-0.2, -0.15) is 0 Å². The van der Waals surface area contributed by atoms with Gasteiger partial charge in [0.15, 0.2) is 0 Å². The molecule has 2 atom stereocenters. The molecule has 0 aromatic heterocycles. The van der Waals surface area contributed by atoms with E-state index >= 15 is 0 Å². The average molecular weight is 326 g/mol. The maximum absolute atomic E-state index is 11.9. The Balaban J connectivity index is 1.86. The molecule has 1 fully saturated rings. The van der Waals surface area contributed by atoms with Crippen LogP contribution in [0.1, 0.15) is 18.6 Å². The number of urea groups is 1. The fraction of sp³-hybridized carbons (Fsp3) is 0.222. The van der Waals surface area contributed by atoms with E-state index in [4.69, 9.17) is 4.74 Å². The second kappa shape index (κ2) is 5.98. The molecule has 6 heteroatoms. The third-order valence-corrected chi connectivity index (χ3v) is 4.25. The number of benzene rings is 2. The van der Waals surface area contributed by atoms with Crippen LogP contribution in [0.5, 0.6) is 5.75 Å². The van der Waals surface area contributed by atoms with Gasteiger partial charge in [0.05, 0.1) is 7.11 Å². The molecule has 0 bridgehead atoms. The lowest BCUT2D eigenvalue weighted by atomic mass is 9.89. The minimum atomic E-state index is -1.38. The van der Waals surface area contributed by atoms with E-state index in [1.54, 1.807) is 19.2 Å². The van der Waals surface area contributed by atoms with Crippen LogP contribution in [0.3, 0.4) is 0 Å². The van der Waals surface area contributed by atoms with Gasteiger partial charge in [0.2, 0.25) is 0 Å². The molecule has 6 nitrogen and oxygen atoms in total. The predicted molar refractivity (Wildman–Crippen MR) is 88.5 cm³/mol. The summed E-state index contributed by atoms with van der Waals surface area (Å²) in [6, 6.07) is 14.2. The molecular formula is C18H18N2O4. The lowest BCUT2D eigenvalue weighted by Gasteiger charge is -2.27. The van der Waals surface area contributed by atoms with Gasteiger partial charge in [-0.25, -0.2) is 4.79 Å². The van der Waals surface area contributed by atoms with Crippen LogP contribution in [-0.2, 0) is 4.79 Å². The Morgan fingerprint density at radius 3 is 2.38 bits per heavy atom. The quantitative estimate of drug-likeness (QED) is 0.750. The summed E-state index contributed by atoms with van der Waals surface area (Å²) in [7, 11) is 1.61. The molecule has 1 aliphatic rings. The number of ether oxygens (including phenoxy) is 1. The maximum Gasteiger partial charge on any atom is 0.322 e. The van der Waals surface area contributed by atoms with Crippen molar-refractivity contribution in [1.82, 2.24) is 10.6 Å². The summed E-state index contributed by atoms with van der Waals surface area (Å²) in [5.74, 6) is 0.214. The number of hydrogen-bond donors (Lipinski definition) is 3. The van der Waals surface area contributed by atoms with E-state index < -0.39 is 23.6 Å². The van der Waals surface area contributed by atoms with Gasteiger partial charge >= 0.3 is 6.03 Å². The van der Waals surface area contributed by atoms with E-state index in [9.17, 15) is 14.7 Å². The molecule has 124 valence electrons. The third-order valence-electron chi connectivity index (χ3n) is 4.25. The summed E-state index contributed by atoms with van der Waals surface area (Å²) in [6.45, 7) is 1.49. The van der Waals surface area contributed by atoms with Crippen molar-refractivity contribution in [1.29, 1.82) is 0 Å². The lowest BCUT2D eigenvalue weighted by molar-refractivity contribution is -0.127. The molecule has 3 rings (SSSR count). The fourth-order valence-corrected chi connectivity index (χ4v) is 2.74. The molecule has 0 saturated carbocycles. The lowest BCUT2D eigenvalue weighted by Crippen LogP contribution is -2.49. The molecule has 2 unspecified atom stereocenters. The number of rotatable bonds is 4. The first-order chi connectivity index (χ1) is 11.4. The molecule has 1 heterocycles. The molecule has 0 spiro atoms. The molecule has 2 aromatic carbocycles. The molecule has 3 N–H and O–H groups in total. The smallest absolute Gasteiger partial charge is 0.322 e. The van der Waals surface area contributed by atoms with Crippen LogP contribution in [0.15, 0.2) is 48.5 Å². The zero-order valence-electron chi connectivity index (χ0n) is 13.4. The van der Waals surface area contributed by atoms with E-state index in [2.05, 4.69) is 10.6 Å². The number of aliphatic hydroxyl groups excluding tert-OH is 1. The van der Waals surface area contributed by atoms with Crippen molar-refractivity contribution >= 4 is 11.9 Å². The highest BCUT2D eigenvalue weighted by molar-refractivity contribution is 6.07. The van der Waals surface area contributed by atoms with Gasteiger partial charge in [0, 0.05) is 0 Å². The van der Waals surface area contributed by atoms with E-state index in [0.29, 0.717) is 5.56 Å². The SMILES string of the molecule is COc1cccc(-c2ccc(C(O)C3(C)NC(=O)NC3=O)cc2)c1. The number of hydrogen-bond acceptors (Lipinski definition) is 4. The molecule has 0 aliphatic carbocycles. The highest BCUT2D eigenvalue weighted by Crippen LogP contribution is 2.30. The standard InChI is InChI=1S/C18H18N2O4/c1-18(16(22)19-17(23)20-18)15(21)12-8-6-11(7-9-12)13-4-3-5-14(10-13)24-2/h3-10,15,21H,1-2H3,(H2,19,20,22,23). The Labute approximate surface area is 139 Å². The van der Waals surface area contributed by atoms with E-state index in [0.717, 1.165) is 16.9 Å². The van der Waals surface area contributed by atoms with Crippen LogP contribution in [0.4, 0.5) is 4.79 Å². The second-order valence-electron chi connectivity index (χ2n) is 5.87. The summed E-state index contributed by atoms with van der Waals surface area (Å²) in [6.07, 6.45) is -1.15. The summed E-state index contributed by atoms with van der Waals surface area (Å²) in [4.78, 5) is 23.3. The van der Waals surface area contributed by atoms with E-state index in [1.165, 1.54) is 6.92 Å². The largest absolute Gasteiger partial charge is 0.497 e. The number of carbonyl (C=O) groups excluding carboxylic acids is 2. The fourth-order valence-electron chi connectivity index (χ4n) is 2.74. The van der Waals surface area contributed by atoms with Gasteiger partial charge in [0.1, 0.15) is 17.4 Å². The van der Waals surface area contributed by atoms with Gasteiger partial charge in [-0.15, -0.1) is 0 Å². The summed E-state index contributed by atoms with van der Waals surface area (Å²) >= 11 is 0. The average Bonchev–Trinajstić information content (AvgIpc) is 2.87. The van der Waals surface area contributed by atoms with Crippen LogP contribution >= 0.6 is 0 Å². The first-order valence-corrected chi connectivity index (χ1v) is 7.50. The van der Waals surface area contributed by atoms with Crippen molar-refractivity contribution in [3.63, 3.8) is 0 Å². The van der Waals surface area contributed by atoms with Gasteiger partial charge in [0.25, 0.3) is 5.91 Å². The number of aliphatic hydroxyl groups is 1. The highest BCUT2D eigenvalue weighted by atomic mass is 16.5. The molecule has 0 radical (unpaired) electrons. The molecule has 1 aliphatic heterocycles. The minimum absolute atomic E-state index is 0.543. The Bertz CT molecular complexity index is 788. The highest BCUT2D eigenvalue weighted by Gasteiger charge is 2.48. The number of imide groups is 1. The normalized spacial score (nSPS) is 21.1. The van der Waals surface area contributed by atoms with Crippen LogP contribution in [-0.4, -0.2) is 29.7 Å². The first kappa shape index (κ1) is 16.0. The van der Waals surface area contributed by atoms with E-state index in [1.807, 2.05) is 36.4 Å². The number of carbonyl (C=O) groups is 2. The summed E-state index contributed by atoms with van der Waals surface area (Å²) in [5, 5.41) is 15.1. The van der Waals surface area contributed by atoms with Crippen molar-refractivity contribution < 1.29 is 19.4 Å². The van der Waals surface area contributed by atoms with Crippen molar-refractivity contribution in [2.24, 2.45) is 0 Å². The first-order valence-electron chi connectivity index (χ1n) is 7.50. The second-order valence-corrected chi connectivity index (χ2v) is 5.87. The monoisotopic (exact) mass is 326 g/mol. The number of nitrogens with one attached hydrogen (secondary N) is 2. The zero-order valence-corrected chi connectivity index (χ0v) is 13.4. The van der Waals surface area contributed by atoms with E-state index in [-0.39, 0.29) is 0 Å². The van der Waals surface area contributed by atoms with Gasteiger partial charge in [-0.1, -0.05) is 36.4 Å². The van der Waals surface area contributed by atoms with Crippen molar-refractivity contribution in [2.75, 3.05) is 7.11 Å². The Morgan fingerprint density at radius 2 is 1.79 bits per heavy atom. The Morgan fingerprint density at radius 1 is 1.08 bits per heavy atom. The topological polar surface area (TPSA) is 87.7 Å². The molecule has 2 aromatic rings. The predicted octanol–water partition coefficient (Wildman–Crippen LogP) is 1.99. The Hall–Kier alpha value is -2.86. The molecule has 3 amide bonds. The van der Waals surface area contributed by atoms with Gasteiger partial charge in [-0.05, 0) is 35.7 Å². The zero-order chi connectivity index (χ0) is 17.3.